The van der Waals surface area contributed by atoms with E-state index in [9.17, 15) is 13.2 Å². The minimum atomic E-state index is -3.78. The first-order valence-corrected chi connectivity index (χ1v) is 12.1. The molecular formula is C22H29N7O3S. The fraction of sp³-hybridized carbons (Fsp3) is 0.364. The third-order valence-corrected chi connectivity index (χ3v) is 6.49. The monoisotopic (exact) mass is 471 g/mol. The van der Waals surface area contributed by atoms with E-state index in [-0.39, 0.29) is 22.4 Å². The van der Waals surface area contributed by atoms with Crippen LogP contribution >= 0.6 is 0 Å². The number of anilines is 3. The Morgan fingerprint density at radius 1 is 1.18 bits per heavy atom. The average molecular weight is 472 g/mol. The van der Waals surface area contributed by atoms with Gasteiger partial charge in [-0.2, -0.15) is 4.98 Å². The molecule has 33 heavy (non-hydrogen) atoms. The van der Waals surface area contributed by atoms with Crippen LogP contribution in [0, 0.1) is 0 Å². The van der Waals surface area contributed by atoms with Crippen LogP contribution < -0.4 is 21.1 Å². The third-order valence-electron chi connectivity index (χ3n) is 5.09. The minimum absolute atomic E-state index is 0.0206. The van der Waals surface area contributed by atoms with Crippen molar-refractivity contribution in [3.8, 4) is 0 Å². The summed E-state index contributed by atoms with van der Waals surface area (Å²) in [5.74, 6) is 0.311. The molecule has 0 fully saturated rings. The molecule has 1 aromatic carbocycles. The maximum atomic E-state index is 12.6. The number of unbranched alkanes of at least 4 members (excludes halogenated alkanes) is 1. The normalized spacial score (nSPS) is 13.3. The van der Waals surface area contributed by atoms with Crippen LogP contribution in [0.5, 0.6) is 0 Å². The number of nitrogens with two attached hydrogens (primary N) is 1. The third kappa shape index (κ3) is 6.28. The lowest BCUT2D eigenvalue weighted by atomic mass is 9.94. The molecule has 0 aliphatic carbocycles. The minimum Gasteiger partial charge on any atom is -0.368 e. The van der Waals surface area contributed by atoms with Gasteiger partial charge in [0.1, 0.15) is 5.52 Å². The zero-order chi connectivity index (χ0) is 24.1. The molecule has 176 valence electrons. The zero-order valence-electron chi connectivity index (χ0n) is 18.9. The summed E-state index contributed by atoms with van der Waals surface area (Å²) in [6, 6.07) is 9.61. The van der Waals surface area contributed by atoms with E-state index in [1.54, 1.807) is 24.3 Å². The molecule has 2 heterocycles. The van der Waals surface area contributed by atoms with Crippen LogP contribution in [0.2, 0.25) is 0 Å². The number of amides is 1. The second kappa shape index (κ2) is 9.99. The molecule has 3 rings (SSSR count). The fourth-order valence-electron chi connectivity index (χ4n) is 3.36. The van der Waals surface area contributed by atoms with E-state index < -0.39 is 15.6 Å². The lowest BCUT2D eigenvalue weighted by Crippen LogP contribution is -2.46. The first-order valence-electron chi connectivity index (χ1n) is 10.7. The van der Waals surface area contributed by atoms with E-state index >= 15 is 0 Å². The van der Waals surface area contributed by atoms with E-state index in [0.29, 0.717) is 23.4 Å². The molecule has 0 aliphatic rings. The highest BCUT2D eigenvalue weighted by Gasteiger charge is 2.26. The summed E-state index contributed by atoms with van der Waals surface area (Å²) in [6.45, 7) is 5.95. The number of benzene rings is 1. The Morgan fingerprint density at radius 2 is 1.91 bits per heavy atom. The molecular weight excluding hydrogens is 442 g/mol. The van der Waals surface area contributed by atoms with Crippen LogP contribution in [0.3, 0.4) is 0 Å². The van der Waals surface area contributed by atoms with Crippen molar-refractivity contribution >= 4 is 44.4 Å². The smallest absolute Gasteiger partial charge is 0.261 e. The van der Waals surface area contributed by atoms with Gasteiger partial charge in [-0.05, 0) is 31.5 Å². The number of hydrogen-bond donors (Lipinski definition) is 4. The predicted molar refractivity (Wildman–Crippen MR) is 129 cm³/mol. The largest absolute Gasteiger partial charge is 0.368 e. The summed E-state index contributed by atoms with van der Waals surface area (Å²) >= 11 is 0. The number of fused-ring (bicyclic) bond motifs is 1. The molecule has 1 atom stereocenters. The Hall–Kier alpha value is -3.47. The number of nitrogen functional groups attached to an aromatic ring is 1. The maximum Gasteiger partial charge on any atom is 0.261 e. The van der Waals surface area contributed by atoms with Gasteiger partial charge in [0, 0.05) is 13.5 Å². The number of rotatable bonds is 10. The van der Waals surface area contributed by atoms with E-state index in [1.807, 2.05) is 6.92 Å². The zero-order valence-corrected chi connectivity index (χ0v) is 19.7. The predicted octanol–water partition coefficient (Wildman–Crippen LogP) is 2.90. The second-order valence-corrected chi connectivity index (χ2v) is 9.82. The lowest BCUT2D eigenvalue weighted by molar-refractivity contribution is -0.119. The van der Waals surface area contributed by atoms with Gasteiger partial charge in [0.2, 0.25) is 11.9 Å². The quantitative estimate of drug-likeness (QED) is 0.352. The van der Waals surface area contributed by atoms with Crippen molar-refractivity contribution in [1.29, 1.82) is 0 Å². The highest BCUT2D eigenvalue weighted by atomic mass is 32.2. The van der Waals surface area contributed by atoms with Gasteiger partial charge in [0.15, 0.2) is 5.82 Å². The standard InChI is InChI=1S/C22H29N7O3S/c1-4-5-11-22(3,14-25-15(2)30)28-20-19-18(26-21(23)27-20)12-16(13-24-19)29-33(31,32)17-9-7-6-8-10-17/h6-10,12-13,29H,4-5,11,14H2,1-3H3,(H,25,30)(H3,23,26,27,28)/t22-/m1/s1. The molecule has 2 aromatic heterocycles. The summed E-state index contributed by atoms with van der Waals surface area (Å²) in [6.07, 6.45) is 4.13. The van der Waals surface area contributed by atoms with E-state index in [4.69, 9.17) is 5.73 Å². The molecule has 11 heteroatoms. The highest BCUT2D eigenvalue weighted by Crippen LogP contribution is 2.27. The summed E-state index contributed by atoms with van der Waals surface area (Å²) in [7, 11) is -3.78. The topological polar surface area (TPSA) is 152 Å². The van der Waals surface area contributed by atoms with Crippen LogP contribution in [0.1, 0.15) is 40.0 Å². The number of pyridine rings is 1. The second-order valence-electron chi connectivity index (χ2n) is 8.14. The fourth-order valence-corrected chi connectivity index (χ4v) is 4.42. The number of carbonyl (C=O) groups is 1. The number of nitrogens with one attached hydrogen (secondary N) is 3. The number of nitrogens with zero attached hydrogens (tertiary/aromatic N) is 3. The van der Waals surface area contributed by atoms with Gasteiger partial charge in [-0.1, -0.05) is 38.0 Å². The van der Waals surface area contributed by atoms with Crippen LogP contribution in [-0.4, -0.2) is 41.4 Å². The van der Waals surface area contributed by atoms with E-state index in [0.717, 1.165) is 19.3 Å². The Bertz CT molecular complexity index is 1240. The molecule has 0 bridgehead atoms. The molecule has 0 aliphatic heterocycles. The van der Waals surface area contributed by atoms with E-state index in [1.165, 1.54) is 25.3 Å². The van der Waals surface area contributed by atoms with Crippen LogP contribution in [-0.2, 0) is 14.8 Å². The first-order chi connectivity index (χ1) is 15.6. The molecule has 0 spiro atoms. The maximum absolute atomic E-state index is 12.6. The Labute approximate surface area is 193 Å². The number of hydrogen-bond acceptors (Lipinski definition) is 8. The van der Waals surface area contributed by atoms with Gasteiger partial charge in [-0.3, -0.25) is 9.52 Å². The molecule has 5 N–H and O–H groups in total. The Kier molecular flexibility index (Phi) is 7.32. The van der Waals surface area contributed by atoms with Gasteiger partial charge >= 0.3 is 0 Å². The Balaban J connectivity index is 1.93. The van der Waals surface area contributed by atoms with Crippen molar-refractivity contribution in [2.45, 2.75) is 50.5 Å². The van der Waals surface area contributed by atoms with Crippen LogP contribution in [0.15, 0.2) is 47.5 Å². The lowest BCUT2D eigenvalue weighted by Gasteiger charge is -2.32. The molecule has 0 unspecified atom stereocenters. The van der Waals surface area contributed by atoms with Gasteiger partial charge in [-0.25, -0.2) is 18.4 Å². The van der Waals surface area contributed by atoms with Crippen molar-refractivity contribution < 1.29 is 13.2 Å². The van der Waals surface area contributed by atoms with Crippen LogP contribution in [0.4, 0.5) is 17.5 Å². The first kappa shape index (κ1) is 24.2. The summed E-state index contributed by atoms with van der Waals surface area (Å²) in [5.41, 5.74) is 6.52. The Morgan fingerprint density at radius 3 is 2.58 bits per heavy atom. The average Bonchev–Trinajstić information content (AvgIpc) is 2.76. The number of carbonyl (C=O) groups excluding carboxylic acids is 1. The summed E-state index contributed by atoms with van der Waals surface area (Å²) in [4.78, 5) is 24.6. The van der Waals surface area contributed by atoms with Crippen LogP contribution in [0.25, 0.3) is 11.0 Å². The molecule has 10 nitrogen and oxygen atoms in total. The van der Waals surface area contributed by atoms with Gasteiger partial charge in [0.25, 0.3) is 10.0 Å². The number of aromatic nitrogens is 3. The van der Waals surface area contributed by atoms with Crippen molar-refractivity contribution in [2.75, 3.05) is 22.3 Å². The molecule has 1 amide bonds. The van der Waals surface area contributed by atoms with Crippen molar-refractivity contribution in [3.05, 3.63) is 42.6 Å². The molecule has 0 saturated heterocycles. The summed E-state index contributed by atoms with van der Waals surface area (Å²) < 4.78 is 27.8. The summed E-state index contributed by atoms with van der Waals surface area (Å²) in [5, 5.41) is 6.23. The van der Waals surface area contributed by atoms with Crippen molar-refractivity contribution in [3.63, 3.8) is 0 Å². The molecule has 0 radical (unpaired) electrons. The SMILES string of the molecule is CCCC[C@](C)(CNC(C)=O)Nc1nc(N)nc2cc(NS(=O)(=O)c3ccccc3)cnc12. The molecule has 3 aromatic rings. The number of sulfonamides is 1. The van der Waals surface area contributed by atoms with Gasteiger partial charge in [-0.15, -0.1) is 0 Å². The van der Waals surface area contributed by atoms with Crippen molar-refractivity contribution in [2.24, 2.45) is 0 Å². The van der Waals surface area contributed by atoms with E-state index in [2.05, 4.69) is 37.2 Å². The van der Waals surface area contributed by atoms with Gasteiger partial charge < -0.3 is 16.4 Å². The van der Waals surface area contributed by atoms with Crippen molar-refractivity contribution in [1.82, 2.24) is 20.3 Å². The molecule has 0 saturated carbocycles. The van der Waals surface area contributed by atoms with Gasteiger partial charge in [0.05, 0.1) is 27.8 Å². The highest BCUT2D eigenvalue weighted by molar-refractivity contribution is 7.92.